The lowest BCUT2D eigenvalue weighted by Gasteiger charge is -2.32. The molecule has 0 radical (unpaired) electrons. The van der Waals surface area contributed by atoms with E-state index >= 15 is 0 Å². The third-order valence-electron chi connectivity index (χ3n) is 4.11. The van der Waals surface area contributed by atoms with Gasteiger partial charge in [0, 0.05) is 35.9 Å². The molecule has 0 atom stereocenters. The molecule has 0 unspecified atom stereocenters. The molecule has 124 valence electrons. The number of pyridine rings is 1. The predicted molar refractivity (Wildman–Crippen MR) is 92.1 cm³/mol. The molecule has 1 fully saturated rings. The second kappa shape index (κ2) is 7.45. The monoisotopic (exact) mass is 343 g/mol. The highest BCUT2D eigenvalue weighted by Crippen LogP contribution is 2.16. The smallest absolute Gasteiger partial charge is 0.270 e. The van der Waals surface area contributed by atoms with Crippen molar-refractivity contribution in [1.82, 2.24) is 15.2 Å². The Balaban J connectivity index is 1.53. The quantitative estimate of drug-likeness (QED) is 0.932. The van der Waals surface area contributed by atoms with E-state index in [1.165, 1.54) is 0 Å². The third-order valence-corrected chi connectivity index (χ3v) is 4.36. The van der Waals surface area contributed by atoms with Gasteiger partial charge >= 0.3 is 0 Å². The van der Waals surface area contributed by atoms with Crippen molar-refractivity contribution >= 4 is 23.4 Å². The molecular weight excluding hydrogens is 326 g/mol. The predicted octanol–water partition coefficient (Wildman–Crippen LogP) is 2.77. The van der Waals surface area contributed by atoms with Gasteiger partial charge < -0.3 is 10.2 Å². The Morgan fingerprint density at radius 3 is 2.42 bits per heavy atom. The fourth-order valence-electron chi connectivity index (χ4n) is 2.76. The molecule has 0 saturated carbocycles. The number of carbonyl (C=O) groups is 2. The number of piperidine rings is 1. The average Bonchev–Trinajstić information content (AvgIpc) is 2.63. The minimum Gasteiger partial charge on any atom is -0.348 e. The average molecular weight is 344 g/mol. The summed E-state index contributed by atoms with van der Waals surface area (Å²) >= 11 is 5.85. The highest BCUT2D eigenvalue weighted by atomic mass is 35.5. The van der Waals surface area contributed by atoms with Gasteiger partial charge in [-0.15, -0.1) is 0 Å². The molecule has 3 rings (SSSR count). The number of carbonyl (C=O) groups excluding carboxylic acids is 2. The van der Waals surface area contributed by atoms with Crippen LogP contribution < -0.4 is 5.32 Å². The molecule has 1 N–H and O–H groups in total. The summed E-state index contributed by atoms with van der Waals surface area (Å²) in [7, 11) is 0. The summed E-state index contributed by atoms with van der Waals surface area (Å²) in [6.07, 6.45) is 3.07. The van der Waals surface area contributed by atoms with Crippen LogP contribution in [0.5, 0.6) is 0 Å². The topological polar surface area (TPSA) is 62.3 Å². The van der Waals surface area contributed by atoms with E-state index in [0.717, 1.165) is 12.8 Å². The van der Waals surface area contributed by atoms with Gasteiger partial charge in [0.05, 0.1) is 0 Å². The van der Waals surface area contributed by atoms with Crippen LogP contribution in [-0.2, 0) is 0 Å². The minimum atomic E-state index is -0.168. The molecule has 0 bridgehead atoms. The number of hydrogen-bond donors (Lipinski definition) is 1. The molecule has 2 heterocycles. The van der Waals surface area contributed by atoms with Crippen molar-refractivity contribution < 1.29 is 9.59 Å². The lowest BCUT2D eigenvalue weighted by Crippen LogP contribution is -2.46. The van der Waals surface area contributed by atoms with Crippen molar-refractivity contribution in [2.24, 2.45) is 0 Å². The second-order valence-corrected chi connectivity index (χ2v) is 6.20. The van der Waals surface area contributed by atoms with E-state index in [1.807, 2.05) is 4.90 Å². The Labute approximate surface area is 145 Å². The highest BCUT2D eigenvalue weighted by Gasteiger charge is 2.25. The standard InChI is InChI=1S/C18H18ClN3O2/c19-14-6-4-13(5-7-14)18(24)22-11-8-15(9-12-22)21-17(23)16-3-1-2-10-20-16/h1-7,10,15H,8-9,11-12H2,(H,21,23). The van der Waals surface area contributed by atoms with Crippen LogP contribution in [0.2, 0.25) is 5.02 Å². The van der Waals surface area contributed by atoms with Crippen LogP contribution in [0.15, 0.2) is 48.7 Å². The van der Waals surface area contributed by atoms with Gasteiger partial charge in [0.15, 0.2) is 0 Å². The summed E-state index contributed by atoms with van der Waals surface area (Å²) in [5.41, 5.74) is 1.05. The molecule has 1 aliphatic rings. The van der Waals surface area contributed by atoms with Crippen LogP contribution >= 0.6 is 11.6 Å². The van der Waals surface area contributed by atoms with E-state index in [1.54, 1.807) is 48.7 Å². The van der Waals surface area contributed by atoms with Gasteiger partial charge in [-0.25, -0.2) is 0 Å². The van der Waals surface area contributed by atoms with Crippen LogP contribution in [0.4, 0.5) is 0 Å². The van der Waals surface area contributed by atoms with Gasteiger partial charge in [-0.05, 0) is 49.2 Å². The second-order valence-electron chi connectivity index (χ2n) is 5.76. The summed E-state index contributed by atoms with van der Waals surface area (Å²) < 4.78 is 0. The Morgan fingerprint density at radius 2 is 1.79 bits per heavy atom. The molecule has 24 heavy (non-hydrogen) atoms. The van der Waals surface area contributed by atoms with Crippen LogP contribution in [-0.4, -0.2) is 40.8 Å². The van der Waals surface area contributed by atoms with Gasteiger partial charge in [0.1, 0.15) is 5.69 Å². The summed E-state index contributed by atoms with van der Waals surface area (Å²) in [6.45, 7) is 1.24. The van der Waals surface area contributed by atoms with E-state index in [2.05, 4.69) is 10.3 Å². The SMILES string of the molecule is O=C(NC1CCN(C(=O)c2ccc(Cl)cc2)CC1)c1ccccn1. The highest BCUT2D eigenvalue weighted by molar-refractivity contribution is 6.30. The van der Waals surface area contributed by atoms with E-state index < -0.39 is 0 Å². The molecule has 0 spiro atoms. The molecular formula is C18H18ClN3O2. The zero-order valence-electron chi connectivity index (χ0n) is 13.1. The molecule has 1 aromatic heterocycles. The first-order valence-electron chi connectivity index (χ1n) is 7.90. The zero-order valence-corrected chi connectivity index (χ0v) is 13.9. The lowest BCUT2D eigenvalue weighted by molar-refractivity contribution is 0.0697. The first-order valence-corrected chi connectivity index (χ1v) is 8.28. The van der Waals surface area contributed by atoms with Crippen molar-refractivity contribution in [1.29, 1.82) is 0 Å². The number of nitrogens with one attached hydrogen (secondary N) is 1. The Morgan fingerprint density at radius 1 is 1.08 bits per heavy atom. The molecule has 1 aliphatic heterocycles. The minimum absolute atomic E-state index is 0.00108. The van der Waals surface area contributed by atoms with Crippen LogP contribution in [0.3, 0.4) is 0 Å². The van der Waals surface area contributed by atoms with E-state index in [0.29, 0.717) is 29.4 Å². The summed E-state index contributed by atoms with van der Waals surface area (Å²) in [6, 6.07) is 12.2. The molecule has 2 aromatic rings. The van der Waals surface area contributed by atoms with E-state index in [-0.39, 0.29) is 17.9 Å². The van der Waals surface area contributed by atoms with Crippen molar-refractivity contribution in [3.8, 4) is 0 Å². The first-order chi connectivity index (χ1) is 11.6. The maximum Gasteiger partial charge on any atom is 0.270 e. The van der Waals surface area contributed by atoms with Crippen LogP contribution in [0.25, 0.3) is 0 Å². The third kappa shape index (κ3) is 3.92. The number of nitrogens with zero attached hydrogens (tertiary/aromatic N) is 2. The number of halogens is 1. The largest absolute Gasteiger partial charge is 0.348 e. The Bertz CT molecular complexity index is 711. The lowest BCUT2D eigenvalue weighted by atomic mass is 10.0. The number of aromatic nitrogens is 1. The molecule has 6 heteroatoms. The summed E-state index contributed by atoms with van der Waals surface area (Å²) in [5, 5.41) is 3.60. The van der Waals surface area contributed by atoms with E-state index in [9.17, 15) is 9.59 Å². The first kappa shape index (κ1) is 16.5. The van der Waals surface area contributed by atoms with Crippen molar-refractivity contribution in [2.75, 3.05) is 13.1 Å². The maximum absolute atomic E-state index is 12.4. The van der Waals surface area contributed by atoms with Gasteiger partial charge in [-0.3, -0.25) is 14.6 Å². The van der Waals surface area contributed by atoms with Gasteiger partial charge in [0.2, 0.25) is 0 Å². The molecule has 2 amide bonds. The van der Waals surface area contributed by atoms with Crippen molar-refractivity contribution in [3.63, 3.8) is 0 Å². The van der Waals surface area contributed by atoms with Crippen molar-refractivity contribution in [2.45, 2.75) is 18.9 Å². The van der Waals surface area contributed by atoms with Crippen molar-refractivity contribution in [3.05, 3.63) is 64.9 Å². The Kier molecular flexibility index (Phi) is 5.11. The molecule has 0 aliphatic carbocycles. The van der Waals surface area contributed by atoms with E-state index in [4.69, 9.17) is 11.6 Å². The summed E-state index contributed by atoms with van der Waals surface area (Å²) in [4.78, 5) is 30.4. The van der Waals surface area contributed by atoms with Gasteiger partial charge in [0.25, 0.3) is 11.8 Å². The Hall–Kier alpha value is -2.40. The van der Waals surface area contributed by atoms with Gasteiger partial charge in [-0.1, -0.05) is 17.7 Å². The fourth-order valence-corrected chi connectivity index (χ4v) is 2.88. The maximum atomic E-state index is 12.4. The summed E-state index contributed by atoms with van der Waals surface area (Å²) in [5.74, 6) is -0.167. The number of rotatable bonds is 3. The fraction of sp³-hybridized carbons (Fsp3) is 0.278. The zero-order chi connectivity index (χ0) is 16.9. The van der Waals surface area contributed by atoms with Crippen LogP contribution in [0, 0.1) is 0 Å². The number of amides is 2. The molecule has 1 aromatic carbocycles. The number of likely N-dealkylation sites (tertiary alicyclic amines) is 1. The number of benzene rings is 1. The number of hydrogen-bond acceptors (Lipinski definition) is 3. The molecule has 1 saturated heterocycles. The van der Waals surface area contributed by atoms with Crippen LogP contribution in [0.1, 0.15) is 33.7 Å². The molecule has 5 nitrogen and oxygen atoms in total. The normalized spacial score (nSPS) is 15.1. The van der Waals surface area contributed by atoms with Gasteiger partial charge in [-0.2, -0.15) is 0 Å².